The van der Waals surface area contributed by atoms with Crippen LogP contribution in [-0.4, -0.2) is 27.8 Å². The predicted molar refractivity (Wildman–Crippen MR) is 112 cm³/mol. The fourth-order valence-corrected chi connectivity index (χ4v) is 3.34. The molecule has 0 aliphatic heterocycles. The van der Waals surface area contributed by atoms with Gasteiger partial charge in [-0.3, -0.25) is 9.59 Å². The van der Waals surface area contributed by atoms with E-state index in [0.717, 1.165) is 53.8 Å². The Morgan fingerprint density at radius 2 is 1.90 bits per heavy atom. The van der Waals surface area contributed by atoms with Gasteiger partial charge in [-0.05, 0) is 50.0 Å². The van der Waals surface area contributed by atoms with Crippen molar-refractivity contribution in [2.45, 2.75) is 38.1 Å². The van der Waals surface area contributed by atoms with Gasteiger partial charge in [-0.15, -0.1) is 0 Å². The number of rotatable bonds is 5. The van der Waals surface area contributed by atoms with Crippen LogP contribution in [0.25, 0.3) is 16.6 Å². The molecule has 2 saturated carbocycles. The second-order valence-corrected chi connectivity index (χ2v) is 7.89. The zero-order valence-electron chi connectivity index (χ0n) is 16.0. The van der Waals surface area contributed by atoms with Crippen molar-refractivity contribution >= 4 is 34.1 Å². The molecule has 6 nitrogen and oxygen atoms in total. The third-order valence-electron chi connectivity index (χ3n) is 5.37. The lowest BCUT2D eigenvalue weighted by Crippen LogP contribution is -2.33. The summed E-state index contributed by atoms with van der Waals surface area (Å²) in [6.07, 6.45) is 10.4. The SMILES string of the molecule is O=C(Nc1ccc2nc(C3=C/CC#CC(NC(=O)C4CC4)/C=C\3)[nH]c2c1)C1CC1. The highest BCUT2D eigenvalue weighted by Crippen LogP contribution is 2.31. The number of allylic oxidation sites excluding steroid dienone is 3. The lowest BCUT2D eigenvalue weighted by atomic mass is 10.1. The summed E-state index contributed by atoms with van der Waals surface area (Å²) in [6, 6.07) is 5.42. The van der Waals surface area contributed by atoms with E-state index < -0.39 is 0 Å². The second-order valence-electron chi connectivity index (χ2n) is 7.89. The summed E-state index contributed by atoms with van der Waals surface area (Å²) in [6.45, 7) is 0. The molecular formula is C23H22N4O2. The van der Waals surface area contributed by atoms with Crippen molar-refractivity contribution in [2.75, 3.05) is 5.32 Å². The van der Waals surface area contributed by atoms with E-state index in [1.54, 1.807) is 0 Å². The van der Waals surface area contributed by atoms with Gasteiger partial charge in [0.05, 0.1) is 11.0 Å². The number of amides is 2. The summed E-state index contributed by atoms with van der Waals surface area (Å²) in [7, 11) is 0. The molecule has 29 heavy (non-hydrogen) atoms. The number of nitrogens with zero attached hydrogens (tertiary/aromatic N) is 1. The van der Waals surface area contributed by atoms with Crippen molar-refractivity contribution in [3.8, 4) is 11.8 Å². The molecule has 146 valence electrons. The number of H-pyrrole nitrogens is 1. The fraction of sp³-hybridized carbons (Fsp3) is 0.348. The molecule has 0 bridgehead atoms. The molecular weight excluding hydrogens is 364 g/mol. The van der Waals surface area contributed by atoms with Gasteiger partial charge in [0.2, 0.25) is 11.8 Å². The van der Waals surface area contributed by atoms with Gasteiger partial charge in [-0.1, -0.05) is 24.0 Å². The van der Waals surface area contributed by atoms with E-state index in [-0.39, 0.29) is 29.7 Å². The number of anilines is 1. The van der Waals surface area contributed by atoms with Crippen LogP contribution in [0, 0.1) is 23.7 Å². The molecule has 3 aliphatic rings. The highest BCUT2D eigenvalue weighted by molar-refractivity contribution is 5.96. The monoisotopic (exact) mass is 386 g/mol. The molecule has 1 heterocycles. The van der Waals surface area contributed by atoms with Gasteiger partial charge in [-0.25, -0.2) is 4.98 Å². The van der Waals surface area contributed by atoms with E-state index >= 15 is 0 Å². The zero-order valence-corrected chi connectivity index (χ0v) is 16.0. The van der Waals surface area contributed by atoms with E-state index in [4.69, 9.17) is 0 Å². The zero-order chi connectivity index (χ0) is 19.8. The summed E-state index contributed by atoms with van der Waals surface area (Å²) < 4.78 is 0. The standard InChI is InChI=1S/C23H22N4O2/c28-22(15-5-6-15)24-17-4-2-1-3-14(9-10-17)21-26-19-12-11-18(13-20(19)27-21)25-23(29)16-7-8-16/h3,9-13,15-17H,1,5-8H2,(H,24,28)(H,25,29)(H,26,27)/b10-9-,14-3+. The lowest BCUT2D eigenvalue weighted by Gasteiger charge is -2.10. The molecule has 0 radical (unpaired) electrons. The minimum absolute atomic E-state index is 0.0876. The van der Waals surface area contributed by atoms with Crippen molar-refractivity contribution in [3.63, 3.8) is 0 Å². The predicted octanol–water partition coefficient (Wildman–Crippen LogP) is 3.15. The first-order valence-corrected chi connectivity index (χ1v) is 10.1. The molecule has 3 N–H and O–H groups in total. The third kappa shape index (κ3) is 4.09. The molecule has 1 aromatic carbocycles. The van der Waals surface area contributed by atoms with Crippen molar-refractivity contribution in [2.24, 2.45) is 11.8 Å². The first kappa shape index (κ1) is 17.7. The Bertz CT molecular complexity index is 1110. The van der Waals surface area contributed by atoms with E-state index in [1.165, 1.54) is 0 Å². The van der Waals surface area contributed by atoms with Crippen molar-refractivity contribution in [1.82, 2.24) is 15.3 Å². The van der Waals surface area contributed by atoms with Crippen LogP contribution in [-0.2, 0) is 9.59 Å². The Hall–Kier alpha value is -3.33. The van der Waals surface area contributed by atoms with Crippen LogP contribution in [0.3, 0.4) is 0 Å². The summed E-state index contributed by atoms with van der Waals surface area (Å²) >= 11 is 0. The number of nitrogens with one attached hydrogen (secondary N) is 3. The summed E-state index contributed by atoms with van der Waals surface area (Å²) in [5.41, 5.74) is 3.42. The normalized spacial score (nSPS) is 23.7. The lowest BCUT2D eigenvalue weighted by molar-refractivity contribution is -0.122. The summed E-state index contributed by atoms with van der Waals surface area (Å²) in [5.74, 6) is 7.45. The van der Waals surface area contributed by atoms with Gasteiger partial charge in [0.15, 0.2) is 0 Å². The Balaban J connectivity index is 1.34. The minimum atomic E-state index is -0.277. The first-order valence-electron chi connectivity index (χ1n) is 10.1. The van der Waals surface area contributed by atoms with Gasteiger partial charge < -0.3 is 15.6 Å². The van der Waals surface area contributed by atoms with Crippen LogP contribution < -0.4 is 10.6 Å². The Morgan fingerprint density at radius 3 is 2.69 bits per heavy atom. The van der Waals surface area contributed by atoms with Gasteiger partial charge in [0.25, 0.3) is 0 Å². The Kier molecular flexibility index (Phi) is 4.44. The van der Waals surface area contributed by atoms with E-state index in [0.29, 0.717) is 6.42 Å². The topological polar surface area (TPSA) is 86.9 Å². The highest BCUT2D eigenvalue weighted by atomic mass is 16.2. The maximum absolute atomic E-state index is 12.0. The number of aromatic nitrogens is 2. The fourth-order valence-electron chi connectivity index (χ4n) is 3.34. The van der Waals surface area contributed by atoms with Crippen LogP contribution >= 0.6 is 0 Å². The van der Waals surface area contributed by atoms with E-state index in [1.807, 2.05) is 36.4 Å². The summed E-state index contributed by atoms with van der Waals surface area (Å²) in [5, 5.41) is 5.96. The quantitative estimate of drug-likeness (QED) is 0.690. The van der Waals surface area contributed by atoms with Crippen LogP contribution in [0.2, 0.25) is 0 Å². The number of carbonyl (C=O) groups excluding carboxylic acids is 2. The van der Waals surface area contributed by atoms with Crippen LogP contribution in [0.4, 0.5) is 5.69 Å². The number of aromatic amines is 1. The molecule has 2 amide bonds. The molecule has 1 aromatic heterocycles. The Morgan fingerprint density at radius 1 is 1.10 bits per heavy atom. The van der Waals surface area contributed by atoms with Crippen LogP contribution in [0.1, 0.15) is 37.9 Å². The van der Waals surface area contributed by atoms with Crippen molar-refractivity contribution in [3.05, 3.63) is 42.3 Å². The second kappa shape index (κ2) is 7.25. The third-order valence-corrected chi connectivity index (χ3v) is 5.37. The average molecular weight is 386 g/mol. The number of fused-ring (bicyclic) bond motifs is 1. The molecule has 3 aliphatic carbocycles. The minimum Gasteiger partial charge on any atom is -0.339 e. The molecule has 6 heteroatoms. The van der Waals surface area contributed by atoms with Gasteiger partial charge in [0.1, 0.15) is 11.9 Å². The highest BCUT2D eigenvalue weighted by Gasteiger charge is 2.30. The molecule has 1 unspecified atom stereocenters. The average Bonchev–Trinajstić information content (AvgIpc) is 3.59. The number of hydrogen-bond donors (Lipinski definition) is 3. The molecule has 2 aromatic rings. The Labute approximate surface area is 168 Å². The van der Waals surface area contributed by atoms with Crippen molar-refractivity contribution in [1.29, 1.82) is 0 Å². The molecule has 0 saturated heterocycles. The van der Waals surface area contributed by atoms with Crippen LogP contribution in [0.5, 0.6) is 0 Å². The molecule has 2 fully saturated rings. The van der Waals surface area contributed by atoms with Gasteiger partial charge in [0, 0.05) is 29.5 Å². The van der Waals surface area contributed by atoms with Gasteiger partial charge >= 0.3 is 0 Å². The van der Waals surface area contributed by atoms with E-state index in [2.05, 4.69) is 32.4 Å². The number of benzene rings is 1. The summed E-state index contributed by atoms with van der Waals surface area (Å²) in [4.78, 5) is 32.0. The maximum Gasteiger partial charge on any atom is 0.227 e. The van der Waals surface area contributed by atoms with Crippen LogP contribution in [0.15, 0.2) is 36.4 Å². The molecule has 1 atom stereocenters. The smallest absolute Gasteiger partial charge is 0.227 e. The number of imidazole rings is 1. The molecule has 0 spiro atoms. The number of carbonyl (C=O) groups is 2. The largest absolute Gasteiger partial charge is 0.339 e. The van der Waals surface area contributed by atoms with E-state index in [9.17, 15) is 9.59 Å². The molecule has 5 rings (SSSR count). The number of hydrogen-bond acceptors (Lipinski definition) is 3. The first-order chi connectivity index (χ1) is 14.2. The van der Waals surface area contributed by atoms with Crippen molar-refractivity contribution < 1.29 is 9.59 Å². The van der Waals surface area contributed by atoms with Gasteiger partial charge in [-0.2, -0.15) is 0 Å². The maximum atomic E-state index is 12.0.